The van der Waals surface area contributed by atoms with Crippen molar-refractivity contribution in [3.05, 3.63) is 48.0 Å². The molecule has 0 spiro atoms. The Hall–Kier alpha value is -3.42. The Morgan fingerprint density at radius 1 is 1.00 bits per heavy atom. The van der Waals surface area contributed by atoms with Gasteiger partial charge in [0.1, 0.15) is 12.4 Å². The number of carbonyl (C=O) groups is 1. The third kappa shape index (κ3) is 7.54. The van der Waals surface area contributed by atoms with Crippen LogP contribution < -0.4 is 30.2 Å². The smallest absolute Gasteiger partial charge is 0.221 e. The third-order valence-electron chi connectivity index (χ3n) is 4.20. The summed E-state index contributed by atoms with van der Waals surface area (Å²) >= 11 is 0. The molecule has 2 aromatic carbocycles. The standard InChI is InChI=1S/C22H30N4O4/c1-16(27)26-18-6-5-7-19(15-18)30-13-12-25-22(23-2)24-11-10-17-8-9-20(28-3)21(14-17)29-4/h5-9,14-15H,10-13H2,1-4H3,(H,26,27)(H2,23,24,25). The van der Waals surface area contributed by atoms with Crippen LogP contribution >= 0.6 is 0 Å². The first-order valence-corrected chi connectivity index (χ1v) is 9.71. The molecule has 2 aromatic rings. The van der Waals surface area contributed by atoms with Crippen molar-refractivity contribution >= 4 is 17.6 Å². The second kappa shape index (κ2) is 12.2. The van der Waals surface area contributed by atoms with Crippen molar-refractivity contribution in [2.45, 2.75) is 13.3 Å². The Balaban J connectivity index is 1.72. The lowest BCUT2D eigenvalue weighted by Gasteiger charge is -2.13. The number of nitrogens with zero attached hydrogens (tertiary/aromatic N) is 1. The lowest BCUT2D eigenvalue weighted by molar-refractivity contribution is -0.114. The molecule has 8 heteroatoms. The highest BCUT2D eigenvalue weighted by Gasteiger charge is 2.05. The zero-order chi connectivity index (χ0) is 21.8. The summed E-state index contributed by atoms with van der Waals surface area (Å²) in [6.07, 6.45) is 0.813. The molecule has 3 N–H and O–H groups in total. The number of hydrogen-bond acceptors (Lipinski definition) is 5. The quantitative estimate of drug-likeness (QED) is 0.314. The van der Waals surface area contributed by atoms with Gasteiger partial charge in [-0.15, -0.1) is 0 Å². The molecule has 0 unspecified atom stereocenters. The third-order valence-corrected chi connectivity index (χ3v) is 4.20. The van der Waals surface area contributed by atoms with E-state index < -0.39 is 0 Å². The maximum Gasteiger partial charge on any atom is 0.221 e. The molecule has 0 radical (unpaired) electrons. The van der Waals surface area contributed by atoms with Gasteiger partial charge in [-0.1, -0.05) is 12.1 Å². The van der Waals surface area contributed by atoms with Crippen molar-refractivity contribution in [3.8, 4) is 17.2 Å². The molecule has 0 atom stereocenters. The first-order valence-electron chi connectivity index (χ1n) is 9.71. The van der Waals surface area contributed by atoms with Crippen LogP contribution in [0.25, 0.3) is 0 Å². The molecule has 8 nitrogen and oxygen atoms in total. The number of hydrogen-bond donors (Lipinski definition) is 3. The van der Waals surface area contributed by atoms with Crippen LogP contribution in [0.2, 0.25) is 0 Å². The van der Waals surface area contributed by atoms with Gasteiger partial charge < -0.3 is 30.2 Å². The molecule has 0 saturated heterocycles. The molecule has 162 valence electrons. The topological polar surface area (TPSA) is 93.2 Å². The fourth-order valence-electron chi connectivity index (χ4n) is 2.79. The second-order valence-electron chi connectivity index (χ2n) is 6.42. The predicted octanol–water partition coefficient (Wildman–Crippen LogP) is 2.45. The molecule has 0 aromatic heterocycles. The van der Waals surface area contributed by atoms with E-state index in [9.17, 15) is 4.79 Å². The number of nitrogens with one attached hydrogen (secondary N) is 3. The van der Waals surface area contributed by atoms with Crippen LogP contribution in [0.4, 0.5) is 5.69 Å². The molecule has 0 aliphatic carbocycles. The summed E-state index contributed by atoms with van der Waals surface area (Å²) in [6.45, 7) is 3.23. The van der Waals surface area contributed by atoms with Crippen molar-refractivity contribution in [2.75, 3.05) is 46.3 Å². The highest BCUT2D eigenvalue weighted by atomic mass is 16.5. The van der Waals surface area contributed by atoms with E-state index in [1.807, 2.05) is 36.4 Å². The van der Waals surface area contributed by atoms with Gasteiger partial charge in [-0.2, -0.15) is 0 Å². The van der Waals surface area contributed by atoms with Gasteiger partial charge in [0.25, 0.3) is 0 Å². The number of rotatable bonds is 10. The Bertz CT molecular complexity index is 855. The highest BCUT2D eigenvalue weighted by Crippen LogP contribution is 2.27. The van der Waals surface area contributed by atoms with E-state index >= 15 is 0 Å². The number of carbonyl (C=O) groups excluding carboxylic acids is 1. The minimum Gasteiger partial charge on any atom is -0.493 e. The second-order valence-corrected chi connectivity index (χ2v) is 6.42. The molecule has 0 heterocycles. The van der Waals surface area contributed by atoms with E-state index in [0.717, 1.165) is 24.3 Å². The first-order chi connectivity index (χ1) is 14.5. The van der Waals surface area contributed by atoms with Crippen molar-refractivity contribution in [2.24, 2.45) is 4.99 Å². The molecule has 2 rings (SSSR count). The zero-order valence-corrected chi connectivity index (χ0v) is 18.0. The minimum absolute atomic E-state index is 0.114. The normalized spacial score (nSPS) is 10.9. The van der Waals surface area contributed by atoms with Crippen molar-refractivity contribution < 1.29 is 19.0 Å². The summed E-state index contributed by atoms with van der Waals surface area (Å²) in [5.41, 5.74) is 1.85. The Morgan fingerprint density at radius 2 is 1.77 bits per heavy atom. The monoisotopic (exact) mass is 414 g/mol. The molecular weight excluding hydrogens is 384 g/mol. The summed E-state index contributed by atoms with van der Waals surface area (Å²) < 4.78 is 16.3. The molecule has 0 bridgehead atoms. The van der Waals surface area contributed by atoms with Crippen molar-refractivity contribution in [3.63, 3.8) is 0 Å². The van der Waals surface area contributed by atoms with E-state index in [0.29, 0.717) is 36.3 Å². The number of anilines is 1. The van der Waals surface area contributed by atoms with E-state index in [4.69, 9.17) is 14.2 Å². The molecule has 0 saturated carbocycles. The Morgan fingerprint density at radius 3 is 2.47 bits per heavy atom. The van der Waals surface area contributed by atoms with E-state index in [2.05, 4.69) is 20.9 Å². The number of methoxy groups -OCH3 is 2. The lowest BCUT2D eigenvalue weighted by Crippen LogP contribution is -2.40. The van der Waals surface area contributed by atoms with Crippen LogP contribution in [0.15, 0.2) is 47.5 Å². The summed E-state index contributed by atoms with van der Waals surface area (Å²) in [5, 5.41) is 9.22. The van der Waals surface area contributed by atoms with Gasteiger partial charge in [-0.25, -0.2) is 0 Å². The fourth-order valence-corrected chi connectivity index (χ4v) is 2.79. The number of guanidine groups is 1. The summed E-state index contributed by atoms with van der Waals surface area (Å²) in [7, 11) is 4.98. The van der Waals surface area contributed by atoms with Gasteiger partial charge in [0, 0.05) is 32.3 Å². The van der Waals surface area contributed by atoms with Crippen LogP contribution in [0.5, 0.6) is 17.2 Å². The van der Waals surface area contributed by atoms with Gasteiger partial charge in [0.05, 0.1) is 20.8 Å². The van der Waals surface area contributed by atoms with Gasteiger partial charge in [-0.05, 0) is 36.2 Å². The highest BCUT2D eigenvalue weighted by molar-refractivity contribution is 5.88. The number of amides is 1. The number of aliphatic imine (C=N–C) groups is 1. The Labute approximate surface area is 177 Å². The summed E-state index contributed by atoms with van der Waals surface area (Å²) in [6, 6.07) is 13.2. The van der Waals surface area contributed by atoms with Gasteiger partial charge in [0.15, 0.2) is 17.5 Å². The van der Waals surface area contributed by atoms with Gasteiger partial charge in [-0.3, -0.25) is 9.79 Å². The van der Waals surface area contributed by atoms with Crippen molar-refractivity contribution in [1.29, 1.82) is 0 Å². The molecule has 30 heavy (non-hydrogen) atoms. The molecule has 0 aliphatic rings. The maximum atomic E-state index is 11.1. The SMILES string of the molecule is CN=C(NCCOc1cccc(NC(C)=O)c1)NCCc1ccc(OC)c(OC)c1. The largest absolute Gasteiger partial charge is 0.493 e. The molecule has 0 aliphatic heterocycles. The van der Waals surface area contributed by atoms with Crippen LogP contribution in [0.3, 0.4) is 0 Å². The van der Waals surface area contributed by atoms with E-state index in [-0.39, 0.29) is 5.91 Å². The number of benzene rings is 2. The maximum absolute atomic E-state index is 11.1. The van der Waals surface area contributed by atoms with Gasteiger partial charge in [0.2, 0.25) is 5.91 Å². The van der Waals surface area contributed by atoms with Gasteiger partial charge >= 0.3 is 0 Å². The van der Waals surface area contributed by atoms with Crippen molar-refractivity contribution in [1.82, 2.24) is 10.6 Å². The predicted molar refractivity (Wildman–Crippen MR) is 119 cm³/mol. The summed E-state index contributed by atoms with van der Waals surface area (Å²) in [4.78, 5) is 15.4. The summed E-state index contributed by atoms with van der Waals surface area (Å²) in [5.74, 6) is 2.72. The molecule has 1 amide bonds. The molecule has 0 fully saturated rings. The van der Waals surface area contributed by atoms with Crippen LogP contribution in [-0.4, -0.2) is 52.8 Å². The van der Waals surface area contributed by atoms with Crippen LogP contribution in [0.1, 0.15) is 12.5 Å². The average molecular weight is 415 g/mol. The van der Waals surface area contributed by atoms with Crippen LogP contribution in [-0.2, 0) is 11.2 Å². The van der Waals surface area contributed by atoms with E-state index in [1.165, 1.54) is 6.92 Å². The Kier molecular flexibility index (Phi) is 9.30. The fraction of sp³-hybridized carbons (Fsp3) is 0.364. The number of ether oxygens (including phenoxy) is 3. The van der Waals surface area contributed by atoms with E-state index in [1.54, 1.807) is 27.3 Å². The minimum atomic E-state index is -0.114. The molecular formula is C22H30N4O4. The average Bonchev–Trinajstić information content (AvgIpc) is 2.75. The lowest BCUT2D eigenvalue weighted by atomic mass is 10.1. The zero-order valence-electron chi connectivity index (χ0n) is 18.0. The first kappa shape index (κ1) is 22.9. The van der Waals surface area contributed by atoms with Crippen LogP contribution in [0, 0.1) is 0 Å².